The predicted octanol–water partition coefficient (Wildman–Crippen LogP) is 3.09. The highest BCUT2D eigenvalue weighted by molar-refractivity contribution is 7.79. The third-order valence-electron chi connectivity index (χ3n) is 5.29. The average Bonchev–Trinajstić information content (AvgIpc) is 3.04. The summed E-state index contributed by atoms with van der Waals surface area (Å²) in [5.74, 6) is 0. The summed E-state index contributed by atoms with van der Waals surface area (Å²) in [7, 11) is 2.00. The molecule has 1 N–H and O–H groups in total. The number of nitrogens with zero attached hydrogens (tertiary/aromatic N) is 1. The van der Waals surface area contributed by atoms with Crippen molar-refractivity contribution in [3.63, 3.8) is 0 Å². The fraction of sp³-hybridized carbons (Fsp3) is 0.429. The highest BCUT2D eigenvalue weighted by Gasteiger charge is 2.25. The number of fused-ring (bicyclic) bond motifs is 1. The SMILES string of the molecule is CC(CN(C)C1Cc2ccc(Cc3cc(Cl)cc(CO)c3)cc2C1)S(=O)[O-]. The van der Waals surface area contributed by atoms with E-state index in [2.05, 4.69) is 23.1 Å². The molecule has 0 spiro atoms. The van der Waals surface area contributed by atoms with Crippen molar-refractivity contribution in [2.75, 3.05) is 13.6 Å². The van der Waals surface area contributed by atoms with Gasteiger partial charge in [0.1, 0.15) is 0 Å². The molecule has 0 fully saturated rings. The first-order valence-electron chi connectivity index (χ1n) is 9.14. The molecule has 0 radical (unpaired) electrons. The molecule has 3 rings (SSSR count). The van der Waals surface area contributed by atoms with E-state index < -0.39 is 11.1 Å². The first-order valence-corrected chi connectivity index (χ1v) is 10.7. The van der Waals surface area contributed by atoms with E-state index in [4.69, 9.17) is 11.6 Å². The molecule has 4 nitrogen and oxygen atoms in total. The highest BCUT2D eigenvalue weighted by atomic mass is 35.5. The van der Waals surface area contributed by atoms with Crippen molar-refractivity contribution in [1.82, 2.24) is 4.90 Å². The lowest BCUT2D eigenvalue weighted by Crippen LogP contribution is -2.38. The van der Waals surface area contributed by atoms with Crippen LogP contribution in [0, 0.1) is 0 Å². The van der Waals surface area contributed by atoms with Gasteiger partial charge in [-0.2, -0.15) is 0 Å². The van der Waals surface area contributed by atoms with Gasteiger partial charge >= 0.3 is 0 Å². The lowest BCUT2D eigenvalue weighted by molar-refractivity contribution is 0.249. The summed E-state index contributed by atoms with van der Waals surface area (Å²) in [6.45, 7) is 2.28. The van der Waals surface area contributed by atoms with E-state index in [1.165, 1.54) is 16.7 Å². The molecule has 2 aromatic rings. The summed E-state index contributed by atoms with van der Waals surface area (Å²) in [6, 6.07) is 12.6. The second-order valence-corrected chi connectivity index (χ2v) is 9.24. The Morgan fingerprint density at radius 2 is 1.89 bits per heavy atom. The van der Waals surface area contributed by atoms with Crippen LogP contribution in [0.1, 0.15) is 34.7 Å². The van der Waals surface area contributed by atoms with Crippen LogP contribution in [0.2, 0.25) is 5.02 Å². The van der Waals surface area contributed by atoms with Gasteiger partial charge in [-0.25, -0.2) is 0 Å². The fourth-order valence-corrected chi connectivity index (χ4v) is 4.47. The minimum Gasteiger partial charge on any atom is -0.772 e. The van der Waals surface area contributed by atoms with Gasteiger partial charge < -0.3 is 14.6 Å². The molecule has 1 aliphatic rings. The van der Waals surface area contributed by atoms with E-state index in [1.54, 1.807) is 13.0 Å². The Morgan fingerprint density at radius 1 is 1.19 bits per heavy atom. The molecule has 0 aliphatic heterocycles. The third-order valence-corrected chi connectivity index (χ3v) is 6.31. The number of rotatable bonds is 7. The van der Waals surface area contributed by atoms with E-state index >= 15 is 0 Å². The third kappa shape index (κ3) is 5.18. The number of halogens is 1. The van der Waals surface area contributed by atoms with E-state index in [0.29, 0.717) is 17.6 Å². The van der Waals surface area contributed by atoms with Gasteiger partial charge in [0.15, 0.2) is 0 Å². The summed E-state index contributed by atoms with van der Waals surface area (Å²) >= 11 is 4.11. The molecule has 6 heteroatoms. The van der Waals surface area contributed by atoms with Crippen LogP contribution in [0.5, 0.6) is 0 Å². The largest absolute Gasteiger partial charge is 0.772 e. The van der Waals surface area contributed by atoms with Crippen molar-refractivity contribution in [3.8, 4) is 0 Å². The van der Waals surface area contributed by atoms with Crippen molar-refractivity contribution in [2.24, 2.45) is 0 Å². The number of likely N-dealkylation sites (N-methyl/N-ethyl adjacent to an activating group) is 1. The zero-order valence-corrected chi connectivity index (χ0v) is 17.2. The summed E-state index contributed by atoms with van der Waals surface area (Å²) in [5, 5.41) is 9.63. The van der Waals surface area contributed by atoms with Crippen molar-refractivity contribution in [1.29, 1.82) is 0 Å². The van der Waals surface area contributed by atoms with Crippen molar-refractivity contribution >= 4 is 22.7 Å². The van der Waals surface area contributed by atoms with Crippen LogP contribution >= 0.6 is 11.6 Å². The van der Waals surface area contributed by atoms with Gasteiger partial charge in [-0.1, -0.05) is 53.9 Å². The van der Waals surface area contributed by atoms with Gasteiger partial charge in [-0.05, 0) is 66.3 Å². The Bertz CT molecular complexity index is 842. The highest BCUT2D eigenvalue weighted by Crippen LogP contribution is 2.28. The maximum atomic E-state index is 11.1. The van der Waals surface area contributed by atoms with Gasteiger partial charge in [0, 0.05) is 22.9 Å². The topological polar surface area (TPSA) is 63.6 Å². The molecule has 3 atom stereocenters. The monoisotopic (exact) mass is 406 g/mol. The second-order valence-electron chi connectivity index (χ2n) is 7.48. The van der Waals surface area contributed by atoms with Crippen LogP contribution in [0.4, 0.5) is 0 Å². The Hall–Kier alpha value is -1.24. The molecule has 146 valence electrons. The Kier molecular flexibility index (Phi) is 6.71. The molecule has 0 amide bonds. The summed E-state index contributed by atoms with van der Waals surface area (Å²) < 4.78 is 22.2. The molecule has 0 saturated heterocycles. The van der Waals surface area contributed by atoms with E-state index in [0.717, 1.165) is 30.4 Å². The van der Waals surface area contributed by atoms with E-state index in [9.17, 15) is 13.9 Å². The van der Waals surface area contributed by atoms with Crippen molar-refractivity contribution < 1.29 is 13.9 Å². The lowest BCUT2D eigenvalue weighted by Gasteiger charge is -2.28. The molecule has 1 aliphatic carbocycles. The molecular formula is C21H25ClNO3S-. The Labute approximate surface area is 168 Å². The van der Waals surface area contributed by atoms with Crippen LogP contribution in [0.15, 0.2) is 36.4 Å². The number of aliphatic hydroxyl groups is 1. The van der Waals surface area contributed by atoms with Crippen LogP contribution < -0.4 is 0 Å². The van der Waals surface area contributed by atoms with Crippen LogP contribution in [0.3, 0.4) is 0 Å². The molecule has 3 unspecified atom stereocenters. The van der Waals surface area contributed by atoms with E-state index in [1.807, 2.05) is 19.2 Å². The zero-order valence-electron chi connectivity index (χ0n) is 15.7. The minimum absolute atomic E-state index is 0.0155. The molecular weight excluding hydrogens is 382 g/mol. The maximum absolute atomic E-state index is 11.1. The predicted molar refractivity (Wildman–Crippen MR) is 109 cm³/mol. The molecule has 27 heavy (non-hydrogen) atoms. The normalized spacial score (nSPS) is 18.5. The molecule has 0 saturated carbocycles. The number of hydrogen-bond donors (Lipinski definition) is 1. The minimum atomic E-state index is -2.03. The number of benzene rings is 2. The van der Waals surface area contributed by atoms with Gasteiger partial charge in [0.25, 0.3) is 0 Å². The van der Waals surface area contributed by atoms with Crippen LogP contribution in [-0.2, 0) is 36.9 Å². The average molecular weight is 407 g/mol. The van der Waals surface area contributed by atoms with Crippen molar-refractivity contribution in [3.05, 3.63) is 69.2 Å². The van der Waals surface area contributed by atoms with Crippen molar-refractivity contribution in [2.45, 2.75) is 44.1 Å². The molecule has 0 heterocycles. The Morgan fingerprint density at radius 3 is 2.59 bits per heavy atom. The van der Waals surface area contributed by atoms with Gasteiger partial charge in [-0.15, -0.1) is 0 Å². The molecule has 2 aromatic carbocycles. The quantitative estimate of drug-likeness (QED) is 0.717. The smallest absolute Gasteiger partial charge is 0.0682 e. The molecule has 0 bridgehead atoms. The second kappa shape index (κ2) is 8.84. The maximum Gasteiger partial charge on any atom is 0.0682 e. The molecule has 0 aromatic heterocycles. The standard InChI is InChI=1S/C21H26ClNO3S/c1-14(27(25)26)12-23(2)21-10-18-4-3-15(7-19(18)11-21)5-16-6-17(13-24)9-20(22)8-16/h3-4,6-9,14,21,24H,5,10-13H2,1-2H3,(H,25,26)/p-1. The number of hydrogen-bond acceptors (Lipinski definition) is 4. The first kappa shape index (κ1) is 20.5. The number of aliphatic hydroxyl groups excluding tert-OH is 1. The van der Waals surface area contributed by atoms with Crippen LogP contribution in [-0.4, -0.2) is 43.7 Å². The summed E-state index contributed by atoms with van der Waals surface area (Å²) in [5.41, 5.74) is 5.81. The lowest BCUT2D eigenvalue weighted by atomic mass is 9.99. The Balaban J connectivity index is 1.69. The van der Waals surface area contributed by atoms with Gasteiger partial charge in [0.05, 0.1) is 6.61 Å². The van der Waals surface area contributed by atoms with Gasteiger partial charge in [-0.3, -0.25) is 4.21 Å². The van der Waals surface area contributed by atoms with Crippen LogP contribution in [0.25, 0.3) is 0 Å². The fourth-order valence-electron chi connectivity index (χ4n) is 3.83. The summed E-state index contributed by atoms with van der Waals surface area (Å²) in [6.07, 6.45) is 2.67. The summed E-state index contributed by atoms with van der Waals surface area (Å²) in [4.78, 5) is 2.16. The first-order chi connectivity index (χ1) is 12.9. The van der Waals surface area contributed by atoms with Gasteiger partial charge in [0.2, 0.25) is 0 Å². The zero-order chi connectivity index (χ0) is 19.6. The van der Waals surface area contributed by atoms with E-state index in [-0.39, 0.29) is 11.9 Å².